The van der Waals surface area contributed by atoms with Gasteiger partial charge in [-0.15, -0.1) is 0 Å². The third-order valence-corrected chi connectivity index (χ3v) is 1.61. The first-order valence-corrected chi connectivity index (χ1v) is 5.37. The van der Waals surface area contributed by atoms with Gasteiger partial charge in [-0.2, -0.15) is 0 Å². The van der Waals surface area contributed by atoms with Crippen LogP contribution in [-0.4, -0.2) is 47.4 Å². The lowest BCUT2D eigenvalue weighted by Gasteiger charge is -2.16. The number of rotatable bonds is 1. The van der Waals surface area contributed by atoms with Crippen LogP contribution in [0.2, 0.25) is 0 Å². The number of halogens is 3. The van der Waals surface area contributed by atoms with E-state index in [2.05, 4.69) is 10.1 Å². The lowest BCUT2D eigenvalue weighted by atomic mass is 10.7. The molecular weight excluding hydrogens is 292 g/mol. The van der Waals surface area contributed by atoms with Crippen LogP contribution >= 0.6 is 34.8 Å². The van der Waals surface area contributed by atoms with Crippen molar-refractivity contribution in [1.29, 1.82) is 10.8 Å². The second kappa shape index (κ2) is 6.73. The van der Waals surface area contributed by atoms with Gasteiger partial charge in [-0.05, 0) is 0 Å². The molecule has 4 N–H and O–H groups in total. The van der Waals surface area contributed by atoms with Crippen molar-refractivity contribution in [3.05, 3.63) is 0 Å². The van der Waals surface area contributed by atoms with E-state index >= 15 is 0 Å². The Morgan fingerprint density at radius 1 is 1.29 bits per heavy atom. The van der Waals surface area contributed by atoms with Crippen LogP contribution in [0.5, 0.6) is 0 Å². The fraction of sp³-hybridized carbons (Fsp3) is 0.571. The Hall–Kier alpha value is -0.920. The first-order chi connectivity index (χ1) is 7.61. The van der Waals surface area contributed by atoms with Gasteiger partial charge >= 0.3 is 6.09 Å². The molecule has 98 valence electrons. The fourth-order valence-electron chi connectivity index (χ4n) is 0.547. The highest BCUT2D eigenvalue weighted by Crippen LogP contribution is 2.25. The molecule has 0 aliphatic carbocycles. The summed E-state index contributed by atoms with van der Waals surface area (Å²) in [5, 5.41) is 18.9. The van der Waals surface area contributed by atoms with Crippen molar-refractivity contribution >= 4 is 52.8 Å². The molecule has 0 rings (SSSR count). The van der Waals surface area contributed by atoms with Crippen molar-refractivity contribution in [3.8, 4) is 0 Å². The lowest BCUT2D eigenvalue weighted by Crippen LogP contribution is -2.47. The molecular formula is C7H12Cl3N5O2. The molecule has 0 aromatic carbocycles. The summed E-state index contributed by atoms with van der Waals surface area (Å²) in [6, 6.07) is 0. The minimum atomic E-state index is -1.71. The highest BCUT2D eigenvalue weighted by atomic mass is 35.6. The molecule has 0 aliphatic rings. The number of alkyl carbamates (subject to hydrolysis) is 1. The topological polar surface area (TPSA) is 101 Å². The Bertz CT molecular complexity index is 315. The van der Waals surface area contributed by atoms with Crippen molar-refractivity contribution in [2.75, 3.05) is 20.7 Å². The highest BCUT2D eigenvalue weighted by Gasteiger charge is 2.22. The van der Waals surface area contributed by atoms with Crippen LogP contribution in [0.4, 0.5) is 4.79 Å². The Balaban J connectivity index is 3.97. The number of alkyl halides is 3. The predicted octanol–water partition coefficient (Wildman–Crippen LogP) is 1.10. The maximum Gasteiger partial charge on any atom is 0.414 e. The fourth-order valence-corrected chi connectivity index (χ4v) is 0.711. The summed E-state index contributed by atoms with van der Waals surface area (Å²) >= 11 is 16.1. The molecule has 17 heavy (non-hydrogen) atoms. The molecule has 0 spiro atoms. The van der Waals surface area contributed by atoms with Crippen molar-refractivity contribution in [2.45, 2.75) is 3.79 Å². The summed E-state index contributed by atoms with van der Waals surface area (Å²) < 4.78 is 2.80. The molecule has 0 aromatic heterocycles. The maximum absolute atomic E-state index is 11.1. The van der Waals surface area contributed by atoms with Gasteiger partial charge in [0.25, 0.3) is 0 Å². The number of nitrogens with one attached hydrogen (secondary N) is 4. The number of hydrogen-bond acceptors (Lipinski definition) is 4. The standard InChI is InChI=1S/C7H12Cl3N5O2/c1-15(2)5(12)13-4(11)14-6(16)17-3-7(8,9)10/h3H2,1-2H3,(H4,11,12,13,14,16). The third kappa shape index (κ3) is 8.84. The van der Waals surface area contributed by atoms with E-state index in [0.717, 1.165) is 0 Å². The zero-order valence-electron chi connectivity index (χ0n) is 9.10. The molecule has 0 radical (unpaired) electrons. The molecule has 0 heterocycles. The van der Waals surface area contributed by atoms with Gasteiger partial charge in [-0.3, -0.25) is 21.5 Å². The molecule has 7 nitrogen and oxygen atoms in total. The molecule has 0 bridgehead atoms. The van der Waals surface area contributed by atoms with Gasteiger partial charge in [-0.25, -0.2) is 4.79 Å². The van der Waals surface area contributed by atoms with Crippen LogP contribution in [0, 0.1) is 10.8 Å². The summed E-state index contributed by atoms with van der Waals surface area (Å²) in [6.07, 6.45) is -0.958. The average molecular weight is 305 g/mol. The van der Waals surface area contributed by atoms with E-state index in [1.54, 1.807) is 14.1 Å². The predicted molar refractivity (Wildman–Crippen MR) is 67.0 cm³/mol. The van der Waals surface area contributed by atoms with Crippen LogP contribution in [0.1, 0.15) is 0 Å². The minimum Gasteiger partial charge on any atom is -0.445 e. The van der Waals surface area contributed by atoms with Crippen LogP contribution < -0.4 is 10.6 Å². The van der Waals surface area contributed by atoms with E-state index < -0.39 is 22.5 Å². The normalized spacial score (nSPS) is 10.4. The number of guanidine groups is 2. The van der Waals surface area contributed by atoms with Crippen molar-refractivity contribution in [1.82, 2.24) is 15.5 Å². The highest BCUT2D eigenvalue weighted by molar-refractivity contribution is 6.67. The van der Waals surface area contributed by atoms with Crippen LogP contribution in [0.3, 0.4) is 0 Å². The van der Waals surface area contributed by atoms with Crippen molar-refractivity contribution < 1.29 is 9.53 Å². The molecule has 1 amide bonds. The van der Waals surface area contributed by atoms with Gasteiger partial charge in [0.2, 0.25) is 9.75 Å². The first kappa shape index (κ1) is 16.1. The number of amides is 1. The monoisotopic (exact) mass is 303 g/mol. The molecule has 0 saturated heterocycles. The number of ether oxygens (including phenoxy) is 1. The Morgan fingerprint density at radius 2 is 1.82 bits per heavy atom. The molecule has 0 aliphatic heterocycles. The summed E-state index contributed by atoms with van der Waals surface area (Å²) in [6.45, 7) is -0.443. The molecule has 10 heteroatoms. The van der Waals surface area contributed by atoms with E-state index in [1.165, 1.54) is 4.90 Å². The SMILES string of the molecule is CN(C)C(=N)NC(=N)NC(=O)OCC(Cl)(Cl)Cl. The first-order valence-electron chi connectivity index (χ1n) is 4.24. The Labute approximate surface area is 113 Å². The number of hydrogen-bond donors (Lipinski definition) is 4. The molecule has 0 atom stereocenters. The van der Waals surface area contributed by atoms with Gasteiger partial charge < -0.3 is 9.64 Å². The van der Waals surface area contributed by atoms with Gasteiger partial charge in [0.05, 0.1) is 0 Å². The van der Waals surface area contributed by atoms with E-state index in [4.69, 9.17) is 45.6 Å². The van der Waals surface area contributed by atoms with E-state index in [1.807, 2.05) is 5.32 Å². The van der Waals surface area contributed by atoms with Gasteiger partial charge in [0.1, 0.15) is 6.61 Å². The molecule has 0 fully saturated rings. The summed E-state index contributed by atoms with van der Waals surface area (Å²) in [4.78, 5) is 12.5. The largest absolute Gasteiger partial charge is 0.445 e. The Kier molecular flexibility index (Phi) is 6.36. The van der Waals surface area contributed by atoms with E-state index in [0.29, 0.717) is 0 Å². The Morgan fingerprint density at radius 3 is 2.24 bits per heavy atom. The molecule has 0 saturated carbocycles. The number of carbonyl (C=O) groups is 1. The molecule has 0 aromatic rings. The van der Waals surface area contributed by atoms with Gasteiger partial charge in [0.15, 0.2) is 5.96 Å². The average Bonchev–Trinajstić information content (AvgIpc) is 2.13. The zero-order chi connectivity index (χ0) is 13.6. The van der Waals surface area contributed by atoms with Crippen molar-refractivity contribution in [2.24, 2.45) is 0 Å². The minimum absolute atomic E-state index is 0.0725. The van der Waals surface area contributed by atoms with Gasteiger partial charge in [-0.1, -0.05) is 34.8 Å². The van der Waals surface area contributed by atoms with Crippen molar-refractivity contribution in [3.63, 3.8) is 0 Å². The number of carbonyl (C=O) groups excluding carboxylic acids is 1. The lowest BCUT2D eigenvalue weighted by molar-refractivity contribution is 0.153. The second-order valence-electron chi connectivity index (χ2n) is 3.06. The van der Waals surface area contributed by atoms with Gasteiger partial charge in [0, 0.05) is 14.1 Å². The second-order valence-corrected chi connectivity index (χ2v) is 5.58. The van der Waals surface area contributed by atoms with Crippen LogP contribution in [0.25, 0.3) is 0 Å². The van der Waals surface area contributed by atoms with Crippen LogP contribution in [-0.2, 0) is 4.74 Å². The van der Waals surface area contributed by atoms with Crippen LogP contribution in [0.15, 0.2) is 0 Å². The van der Waals surface area contributed by atoms with E-state index in [9.17, 15) is 4.79 Å². The maximum atomic E-state index is 11.1. The quantitative estimate of drug-likeness (QED) is 0.331. The third-order valence-electron chi connectivity index (χ3n) is 1.28. The summed E-state index contributed by atoms with van der Waals surface area (Å²) in [7, 11) is 3.20. The number of nitrogens with zero attached hydrogens (tertiary/aromatic N) is 1. The summed E-state index contributed by atoms with van der Waals surface area (Å²) in [5.74, 6) is -0.491. The smallest absolute Gasteiger partial charge is 0.414 e. The summed E-state index contributed by atoms with van der Waals surface area (Å²) in [5.41, 5.74) is 0. The molecule has 0 unspecified atom stereocenters. The zero-order valence-corrected chi connectivity index (χ0v) is 11.4. The van der Waals surface area contributed by atoms with E-state index in [-0.39, 0.29) is 5.96 Å².